The molecule has 1 rings (SSSR count). The van der Waals surface area contributed by atoms with Crippen LogP contribution in [0.5, 0.6) is 5.75 Å². The maximum Gasteiger partial charge on any atom is 0.124 e. The number of hydrogen-bond acceptors (Lipinski definition) is 3. The smallest absolute Gasteiger partial charge is 0.124 e. The Balaban J connectivity index is 2.70. The van der Waals surface area contributed by atoms with Gasteiger partial charge in [-0.2, -0.15) is 11.8 Å². The van der Waals surface area contributed by atoms with Gasteiger partial charge in [-0.05, 0) is 31.7 Å². The van der Waals surface area contributed by atoms with Crippen LogP contribution in [0.15, 0.2) is 24.3 Å². The van der Waals surface area contributed by atoms with Crippen LogP contribution in [-0.2, 0) is 0 Å². The van der Waals surface area contributed by atoms with Crippen LogP contribution in [0.25, 0.3) is 0 Å². The van der Waals surface area contributed by atoms with Gasteiger partial charge in [0.1, 0.15) is 5.75 Å². The van der Waals surface area contributed by atoms with Crippen molar-refractivity contribution in [3.8, 4) is 5.75 Å². The predicted octanol–water partition coefficient (Wildman–Crippen LogP) is 3.88. The molecule has 0 aliphatic carbocycles. The first-order chi connectivity index (χ1) is 8.83. The maximum absolute atomic E-state index is 5.83. The molecule has 1 unspecified atom stereocenters. The molecule has 0 aromatic heterocycles. The minimum Gasteiger partial charge on any atom is -0.493 e. The highest BCUT2D eigenvalue weighted by molar-refractivity contribution is 7.99. The Bertz CT molecular complexity index is 330. The Morgan fingerprint density at radius 2 is 2.00 bits per heavy atom. The molecule has 0 heterocycles. The quantitative estimate of drug-likeness (QED) is 0.686. The Morgan fingerprint density at radius 1 is 1.22 bits per heavy atom. The molecular formula is C15H25NOS. The highest BCUT2D eigenvalue weighted by atomic mass is 32.2. The zero-order valence-corrected chi connectivity index (χ0v) is 12.6. The van der Waals surface area contributed by atoms with Gasteiger partial charge < -0.3 is 10.1 Å². The van der Waals surface area contributed by atoms with E-state index in [1.807, 2.05) is 24.9 Å². The largest absolute Gasteiger partial charge is 0.493 e. The van der Waals surface area contributed by atoms with Crippen molar-refractivity contribution in [2.45, 2.75) is 32.7 Å². The van der Waals surface area contributed by atoms with Gasteiger partial charge in [0.25, 0.3) is 0 Å². The van der Waals surface area contributed by atoms with Crippen LogP contribution in [0.2, 0.25) is 0 Å². The number of para-hydroxylation sites is 1. The van der Waals surface area contributed by atoms with Gasteiger partial charge >= 0.3 is 0 Å². The van der Waals surface area contributed by atoms with Crippen LogP contribution in [0.3, 0.4) is 0 Å². The van der Waals surface area contributed by atoms with Crippen LogP contribution in [0, 0.1) is 0 Å². The Morgan fingerprint density at radius 3 is 2.67 bits per heavy atom. The van der Waals surface area contributed by atoms with Gasteiger partial charge in [0, 0.05) is 17.4 Å². The van der Waals surface area contributed by atoms with E-state index in [1.54, 1.807) is 0 Å². The van der Waals surface area contributed by atoms with E-state index in [0.29, 0.717) is 6.04 Å². The molecule has 18 heavy (non-hydrogen) atoms. The molecule has 2 nitrogen and oxygen atoms in total. The number of rotatable bonds is 9. The van der Waals surface area contributed by atoms with Crippen LogP contribution in [0.4, 0.5) is 0 Å². The fourth-order valence-electron chi connectivity index (χ4n) is 1.79. The van der Waals surface area contributed by atoms with E-state index in [2.05, 4.69) is 37.4 Å². The average Bonchev–Trinajstić information content (AvgIpc) is 2.42. The average molecular weight is 267 g/mol. The van der Waals surface area contributed by atoms with Gasteiger partial charge in [0.15, 0.2) is 0 Å². The summed E-state index contributed by atoms with van der Waals surface area (Å²) < 4.78 is 5.83. The van der Waals surface area contributed by atoms with Gasteiger partial charge in [-0.15, -0.1) is 0 Å². The van der Waals surface area contributed by atoms with Gasteiger partial charge in [-0.3, -0.25) is 0 Å². The zero-order valence-electron chi connectivity index (χ0n) is 11.7. The van der Waals surface area contributed by atoms with E-state index >= 15 is 0 Å². The second-order valence-electron chi connectivity index (χ2n) is 4.30. The van der Waals surface area contributed by atoms with Gasteiger partial charge in [0.2, 0.25) is 0 Å². The first-order valence-electron chi connectivity index (χ1n) is 6.80. The standard InChI is InChI=1S/C15H25NOS/c1-4-10-17-15-9-7-6-8-13(15)14(16-3)12-18-11-5-2/h6-9,14,16H,4-5,10-12H2,1-3H3. The molecule has 1 N–H and O–H groups in total. The third kappa shape index (κ3) is 4.91. The molecule has 0 amide bonds. The topological polar surface area (TPSA) is 21.3 Å². The van der Waals surface area contributed by atoms with E-state index < -0.39 is 0 Å². The molecule has 0 fully saturated rings. The van der Waals surface area contributed by atoms with Crippen molar-refractivity contribution in [3.63, 3.8) is 0 Å². The molecular weight excluding hydrogens is 242 g/mol. The molecule has 3 heteroatoms. The van der Waals surface area contributed by atoms with Crippen molar-refractivity contribution in [3.05, 3.63) is 29.8 Å². The molecule has 1 aromatic carbocycles. The number of nitrogens with one attached hydrogen (secondary N) is 1. The molecule has 0 aliphatic rings. The molecule has 0 saturated carbocycles. The Labute approximate surface area is 116 Å². The third-order valence-corrected chi connectivity index (χ3v) is 4.00. The van der Waals surface area contributed by atoms with Gasteiger partial charge in [0.05, 0.1) is 6.61 Å². The Kier molecular flexibility index (Phi) is 7.94. The normalized spacial score (nSPS) is 12.4. The summed E-state index contributed by atoms with van der Waals surface area (Å²) >= 11 is 2.00. The van der Waals surface area contributed by atoms with E-state index in [9.17, 15) is 0 Å². The number of thioether (sulfide) groups is 1. The maximum atomic E-state index is 5.83. The summed E-state index contributed by atoms with van der Waals surface area (Å²) in [6, 6.07) is 8.73. The molecule has 1 atom stereocenters. The number of ether oxygens (including phenoxy) is 1. The first kappa shape index (κ1) is 15.4. The summed E-state index contributed by atoms with van der Waals surface area (Å²) in [5.41, 5.74) is 1.28. The van der Waals surface area contributed by atoms with E-state index in [4.69, 9.17) is 4.74 Å². The molecule has 0 bridgehead atoms. The van der Waals surface area contributed by atoms with Crippen molar-refractivity contribution in [2.75, 3.05) is 25.2 Å². The second-order valence-corrected chi connectivity index (χ2v) is 5.45. The second kappa shape index (κ2) is 9.29. The van der Waals surface area contributed by atoms with Gasteiger partial charge in [-0.1, -0.05) is 32.0 Å². The van der Waals surface area contributed by atoms with E-state index in [-0.39, 0.29) is 0 Å². The fourth-order valence-corrected chi connectivity index (χ4v) is 2.82. The fraction of sp³-hybridized carbons (Fsp3) is 0.600. The lowest BCUT2D eigenvalue weighted by atomic mass is 10.1. The summed E-state index contributed by atoms with van der Waals surface area (Å²) in [5.74, 6) is 3.34. The lowest BCUT2D eigenvalue weighted by Crippen LogP contribution is -2.20. The highest BCUT2D eigenvalue weighted by Gasteiger charge is 2.13. The molecule has 0 aliphatic heterocycles. The van der Waals surface area contributed by atoms with Crippen LogP contribution >= 0.6 is 11.8 Å². The van der Waals surface area contributed by atoms with Crippen molar-refractivity contribution >= 4 is 11.8 Å². The highest BCUT2D eigenvalue weighted by Crippen LogP contribution is 2.27. The lowest BCUT2D eigenvalue weighted by Gasteiger charge is -2.19. The zero-order chi connectivity index (χ0) is 13.2. The number of benzene rings is 1. The summed E-state index contributed by atoms with van der Waals surface area (Å²) in [6.45, 7) is 5.14. The number of hydrogen-bond donors (Lipinski definition) is 1. The summed E-state index contributed by atoms with van der Waals surface area (Å²) in [6.07, 6.45) is 2.28. The molecule has 0 radical (unpaired) electrons. The molecule has 102 valence electrons. The summed E-state index contributed by atoms with van der Waals surface area (Å²) in [4.78, 5) is 0. The first-order valence-corrected chi connectivity index (χ1v) is 7.95. The monoisotopic (exact) mass is 267 g/mol. The summed E-state index contributed by atoms with van der Waals surface area (Å²) in [7, 11) is 2.02. The van der Waals surface area contributed by atoms with Crippen molar-refractivity contribution < 1.29 is 4.74 Å². The van der Waals surface area contributed by atoms with Crippen LogP contribution in [0.1, 0.15) is 38.3 Å². The SMILES string of the molecule is CCCOc1ccccc1C(CSCCC)NC. The van der Waals surface area contributed by atoms with Gasteiger partial charge in [-0.25, -0.2) is 0 Å². The lowest BCUT2D eigenvalue weighted by molar-refractivity contribution is 0.311. The van der Waals surface area contributed by atoms with Crippen LogP contribution in [-0.4, -0.2) is 25.2 Å². The molecule has 0 saturated heterocycles. The van der Waals surface area contributed by atoms with Crippen molar-refractivity contribution in [2.24, 2.45) is 0 Å². The minimum absolute atomic E-state index is 0.370. The van der Waals surface area contributed by atoms with E-state index in [0.717, 1.165) is 24.5 Å². The van der Waals surface area contributed by atoms with E-state index in [1.165, 1.54) is 17.7 Å². The Hall–Kier alpha value is -0.670. The van der Waals surface area contributed by atoms with Crippen molar-refractivity contribution in [1.82, 2.24) is 5.32 Å². The van der Waals surface area contributed by atoms with Crippen LogP contribution < -0.4 is 10.1 Å². The predicted molar refractivity (Wildman–Crippen MR) is 81.6 cm³/mol. The third-order valence-electron chi connectivity index (χ3n) is 2.74. The molecule has 1 aromatic rings. The van der Waals surface area contributed by atoms with Crippen molar-refractivity contribution in [1.29, 1.82) is 0 Å². The minimum atomic E-state index is 0.370. The molecule has 0 spiro atoms. The summed E-state index contributed by atoms with van der Waals surface area (Å²) in [5, 5.41) is 3.39.